The maximum Gasteiger partial charge on any atom is 0.237 e. The lowest BCUT2D eigenvalue weighted by atomic mass is 10.2. The summed E-state index contributed by atoms with van der Waals surface area (Å²) < 4.78 is 26.7. The number of nitrogens with one attached hydrogen (secondary N) is 1. The summed E-state index contributed by atoms with van der Waals surface area (Å²) in [5.41, 5.74) is 0.729. The second-order valence-corrected chi connectivity index (χ2v) is 5.86. The number of rotatable bonds is 4. The van der Waals surface area contributed by atoms with Gasteiger partial charge in [-0.2, -0.15) is 5.26 Å². The summed E-state index contributed by atoms with van der Waals surface area (Å²) in [5.74, 6) is -1.54. The normalized spacial score (nSPS) is 11.5. The minimum Gasteiger partial charge on any atom is -0.324 e. The molecule has 0 aliphatic carbocycles. The molecule has 0 aliphatic heterocycles. The molecular formula is C16H12F2N2OS. The molecular weight excluding hydrogens is 306 g/mol. The summed E-state index contributed by atoms with van der Waals surface area (Å²) in [6.07, 6.45) is 0. The molecule has 0 aliphatic rings. The Labute approximate surface area is 131 Å². The molecule has 1 atom stereocenters. The molecule has 0 bridgehead atoms. The van der Waals surface area contributed by atoms with Crippen LogP contribution in [-0.4, -0.2) is 11.2 Å². The van der Waals surface area contributed by atoms with Gasteiger partial charge in [0.05, 0.1) is 16.5 Å². The number of nitrogens with zero attached hydrogens (tertiary/aromatic N) is 1. The van der Waals surface area contributed by atoms with Crippen molar-refractivity contribution in [3.05, 3.63) is 59.7 Å². The highest BCUT2D eigenvalue weighted by atomic mass is 32.2. The highest BCUT2D eigenvalue weighted by molar-refractivity contribution is 8.00. The number of hydrogen-bond acceptors (Lipinski definition) is 3. The van der Waals surface area contributed by atoms with Gasteiger partial charge in [-0.3, -0.25) is 4.79 Å². The lowest BCUT2D eigenvalue weighted by Gasteiger charge is -2.13. The van der Waals surface area contributed by atoms with E-state index < -0.39 is 22.8 Å². The van der Waals surface area contributed by atoms with E-state index in [1.54, 1.807) is 31.2 Å². The molecule has 0 spiro atoms. The van der Waals surface area contributed by atoms with Crippen LogP contribution in [0.15, 0.2) is 47.4 Å². The smallest absolute Gasteiger partial charge is 0.237 e. The van der Waals surface area contributed by atoms with E-state index in [-0.39, 0.29) is 4.90 Å². The molecule has 1 amide bonds. The monoisotopic (exact) mass is 318 g/mol. The summed E-state index contributed by atoms with van der Waals surface area (Å²) in [6.45, 7) is 1.58. The molecule has 0 heterocycles. The van der Waals surface area contributed by atoms with Crippen LogP contribution in [0.25, 0.3) is 0 Å². The number of anilines is 1. The second-order valence-electron chi connectivity index (χ2n) is 4.48. The van der Waals surface area contributed by atoms with Crippen LogP contribution in [-0.2, 0) is 4.79 Å². The van der Waals surface area contributed by atoms with E-state index in [9.17, 15) is 13.6 Å². The minimum atomic E-state index is -0.650. The van der Waals surface area contributed by atoms with Crippen LogP contribution in [0.1, 0.15) is 12.5 Å². The third-order valence-electron chi connectivity index (χ3n) is 2.87. The molecule has 2 aromatic rings. The number of hydrogen-bond donors (Lipinski definition) is 1. The van der Waals surface area contributed by atoms with Gasteiger partial charge in [0.2, 0.25) is 5.91 Å². The zero-order valence-corrected chi connectivity index (χ0v) is 12.5. The molecule has 0 radical (unpaired) electrons. The van der Waals surface area contributed by atoms with Gasteiger partial charge in [0.15, 0.2) is 0 Å². The van der Waals surface area contributed by atoms with Gasteiger partial charge < -0.3 is 5.32 Å². The average molecular weight is 318 g/mol. The maximum absolute atomic E-state index is 13.6. The fraction of sp³-hybridized carbons (Fsp3) is 0.125. The van der Waals surface area contributed by atoms with Crippen LogP contribution in [0.4, 0.5) is 14.5 Å². The molecule has 0 aromatic heterocycles. The van der Waals surface area contributed by atoms with Crippen molar-refractivity contribution in [2.45, 2.75) is 17.1 Å². The first kappa shape index (κ1) is 16.0. The third-order valence-corrected chi connectivity index (χ3v) is 4.01. The van der Waals surface area contributed by atoms with E-state index >= 15 is 0 Å². The molecule has 112 valence electrons. The summed E-state index contributed by atoms with van der Waals surface area (Å²) in [6, 6.07) is 11.6. The third kappa shape index (κ3) is 3.83. The van der Waals surface area contributed by atoms with Crippen molar-refractivity contribution in [2.75, 3.05) is 5.32 Å². The average Bonchev–Trinajstić information content (AvgIpc) is 2.51. The van der Waals surface area contributed by atoms with E-state index in [1.807, 2.05) is 6.07 Å². The van der Waals surface area contributed by atoms with E-state index in [1.165, 1.54) is 0 Å². The molecule has 0 saturated heterocycles. The van der Waals surface area contributed by atoms with Gasteiger partial charge in [-0.15, -0.1) is 11.8 Å². The van der Waals surface area contributed by atoms with Crippen molar-refractivity contribution in [3.63, 3.8) is 0 Å². The lowest BCUT2D eigenvalue weighted by Crippen LogP contribution is -2.23. The summed E-state index contributed by atoms with van der Waals surface area (Å²) >= 11 is 0.915. The first-order chi connectivity index (χ1) is 10.5. The Kier molecular flexibility index (Phi) is 5.12. The molecule has 0 fully saturated rings. The molecule has 0 unspecified atom stereocenters. The first-order valence-corrected chi connectivity index (χ1v) is 7.31. The Morgan fingerprint density at radius 2 is 2.00 bits per heavy atom. The number of carbonyl (C=O) groups excluding carboxylic acids is 1. The molecule has 2 aromatic carbocycles. The van der Waals surface area contributed by atoms with Crippen molar-refractivity contribution < 1.29 is 13.6 Å². The summed E-state index contributed by atoms with van der Waals surface area (Å²) in [5, 5.41) is 10.9. The van der Waals surface area contributed by atoms with Crippen LogP contribution in [0.3, 0.4) is 0 Å². The predicted octanol–water partition coefficient (Wildman–Crippen LogP) is 3.96. The van der Waals surface area contributed by atoms with Gasteiger partial charge in [0.1, 0.15) is 17.7 Å². The van der Waals surface area contributed by atoms with Gasteiger partial charge in [0, 0.05) is 4.90 Å². The molecule has 1 N–H and O–H groups in total. The molecule has 2 rings (SSSR count). The number of halogens is 2. The zero-order chi connectivity index (χ0) is 16.1. The largest absolute Gasteiger partial charge is 0.324 e. The summed E-state index contributed by atoms with van der Waals surface area (Å²) in [7, 11) is 0. The van der Waals surface area contributed by atoms with Gasteiger partial charge >= 0.3 is 0 Å². The molecule has 22 heavy (non-hydrogen) atoms. The fourth-order valence-electron chi connectivity index (χ4n) is 1.74. The number of carbonyl (C=O) groups is 1. The van der Waals surface area contributed by atoms with Crippen molar-refractivity contribution in [3.8, 4) is 6.07 Å². The number of benzene rings is 2. The van der Waals surface area contributed by atoms with Crippen molar-refractivity contribution in [1.29, 1.82) is 5.26 Å². The van der Waals surface area contributed by atoms with Crippen LogP contribution in [0.2, 0.25) is 0 Å². The van der Waals surface area contributed by atoms with E-state index in [0.29, 0.717) is 11.3 Å². The summed E-state index contributed by atoms with van der Waals surface area (Å²) in [4.78, 5) is 12.2. The van der Waals surface area contributed by atoms with Crippen molar-refractivity contribution in [1.82, 2.24) is 0 Å². The Morgan fingerprint density at radius 3 is 2.73 bits per heavy atom. The van der Waals surface area contributed by atoms with E-state index in [4.69, 9.17) is 5.26 Å². The van der Waals surface area contributed by atoms with Crippen LogP contribution in [0.5, 0.6) is 0 Å². The van der Waals surface area contributed by atoms with Crippen LogP contribution >= 0.6 is 11.8 Å². The molecule has 6 heteroatoms. The number of amides is 1. The topological polar surface area (TPSA) is 52.9 Å². The highest BCUT2D eigenvalue weighted by Gasteiger charge is 2.18. The van der Waals surface area contributed by atoms with E-state index in [0.717, 1.165) is 30.0 Å². The van der Waals surface area contributed by atoms with Gasteiger partial charge in [-0.1, -0.05) is 12.1 Å². The van der Waals surface area contributed by atoms with Gasteiger partial charge in [-0.25, -0.2) is 8.78 Å². The fourth-order valence-corrected chi connectivity index (χ4v) is 2.64. The number of para-hydroxylation sites is 1. The number of thioether (sulfide) groups is 1. The van der Waals surface area contributed by atoms with Crippen molar-refractivity contribution in [2.24, 2.45) is 0 Å². The second kappa shape index (κ2) is 7.05. The molecule has 3 nitrogen and oxygen atoms in total. The first-order valence-electron chi connectivity index (χ1n) is 6.43. The minimum absolute atomic E-state index is 0.0659. The Bertz CT molecular complexity index is 743. The maximum atomic E-state index is 13.6. The van der Waals surface area contributed by atoms with Gasteiger partial charge in [-0.05, 0) is 37.3 Å². The quantitative estimate of drug-likeness (QED) is 0.868. The Hall–Kier alpha value is -2.39. The standard InChI is InChI=1S/C16H12F2N2OS/c1-10(22-15-8-12(17)6-7-13(15)18)16(21)20-14-5-3-2-4-11(14)9-19/h2-8,10H,1H3,(H,20,21)/t10-/m1/s1. The SMILES string of the molecule is C[C@@H](Sc1cc(F)ccc1F)C(=O)Nc1ccccc1C#N. The Balaban J connectivity index is 2.10. The lowest BCUT2D eigenvalue weighted by molar-refractivity contribution is -0.115. The van der Waals surface area contributed by atoms with E-state index in [2.05, 4.69) is 5.32 Å². The highest BCUT2D eigenvalue weighted by Crippen LogP contribution is 2.27. The molecule has 0 saturated carbocycles. The predicted molar refractivity (Wildman–Crippen MR) is 81.5 cm³/mol. The van der Waals surface area contributed by atoms with Crippen LogP contribution < -0.4 is 5.32 Å². The zero-order valence-electron chi connectivity index (χ0n) is 11.6. The number of nitriles is 1. The Morgan fingerprint density at radius 1 is 1.27 bits per heavy atom. The van der Waals surface area contributed by atoms with Crippen LogP contribution in [0, 0.1) is 23.0 Å². The van der Waals surface area contributed by atoms with Gasteiger partial charge in [0.25, 0.3) is 0 Å². The van der Waals surface area contributed by atoms with Crippen molar-refractivity contribution >= 4 is 23.4 Å².